The molecule has 7 nitrogen and oxygen atoms in total. The molecule has 0 aliphatic carbocycles. The van der Waals surface area contributed by atoms with Gasteiger partial charge in [-0.3, -0.25) is 15.1 Å². The van der Waals surface area contributed by atoms with E-state index in [1.807, 2.05) is 6.92 Å². The normalized spacial score (nSPS) is 12.0. The van der Waals surface area contributed by atoms with E-state index in [9.17, 15) is 33.2 Å². The molecular weight excluding hydrogens is 417 g/mol. The number of aliphatic hydroxyl groups is 1. The Labute approximate surface area is 175 Å². The maximum absolute atomic E-state index is 14.7. The van der Waals surface area contributed by atoms with Crippen LogP contribution >= 0.6 is 0 Å². The van der Waals surface area contributed by atoms with Crippen LogP contribution in [-0.2, 0) is 9.53 Å². The number of carbonyl (C=O) groups excluding carboxylic acids is 1. The van der Waals surface area contributed by atoms with Gasteiger partial charge in [0, 0.05) is 11.8 Å². The highest BCUT2D eigenvalue weighted by molar-refractivity contribution is 6.15. The summed E-state index contributed by atoms with van der Waals surface area (Å²) in [6, 6.07) is 8.09. The number of carbonyl (C=O) groups is 1. The zero-order chi connectivity index (χ0) is 23.1. The number of unbranched alkanes of at least 4 members (excludes halogenated alkanes) is 1. The minimum absolute atomic E-state index is 0.0489. The molecule has 31 heavy (non-hydrogen) atoms. The van der Waals surface area contributed by atoms with Crippen LogP contribution in [0.5, 0.6) is 0 Å². The standard InChI is InChI=1S/C21H19F3N2O5/c1-3-4-10-31-21(28)14(11-25-13-8-6-5-7-9-13)20(27)15-16(22)12(2)17(23)18(24)19(15)26(29)30/h5-9,11,27H,3-4,10H2,1-2H3. The molecule has 0 fully saturated rings. The van der Waals surface area contributed by atoms with Gasteiger partial charge < -0.3 is 9.84 Å². The number of hydrogen-bond acceptors (Lipinski definition) is 6. The van der Waals surface area contributed by atoms with Crippen LogP contribution in [0.4, 0.5) is 24.5 Å². The van der Waals surface area contributed by atoms with Crippen molar-refractivity contribution in [3.8, 4) is 0 Å². The SMILES string of the molecule is CCCCOC(=O)C(C=Nc1ccccc1)=C(O)c1c(F)c(C)c(F)c(F)c1[N+](=O)[O-]. The van der Waals surface area contributed by atoms with Crippen LogP contribution < -0.4 is 0 Å². The molecule has 0 atom stereocenters. The molecule has 0 radical (unpaired) electrons. The summed E-state index contributed by atoms with van der Waals surface area (Å²) in [5.41, 5.74) is -4.24. The second kappa shape index (κ2) is 10.4. The van der Waals surface area contributed by atoms with E-state index < -0.39 is 56.5 Å². The number of aliphatic hydroxyl groups excluding tert-OH is 1. The van der Waals surface area contributed by atoms with Gasteiger partial charge in [-0.25, -0.2) is 13.6 Å². The minimum Gasteiger partial charge on any atom is -0.506 e. The summed E-state index contributed by atoms with van der Waals surface area (Å²) in [6.45, 7) is 2.62. The molecule has 10 heteroatoms. The minimum atomic E-state index is -1.97. The van der Waals surface area contributed by atoms with E-state index in [0.29, 0.717) is 18.5 Å². The summed E-state index contributed by atoms with van der Waals surface area (Å²) < 4.78 is 47.8. The number of aliphatic imine (C=N–C) groups is 1. The molecule has 0 aliphatic rings. The molecule has 0 amide bonds. The third-order valence-corrected chi connectivity index (χ3v) is 4.24. The van der Waals surface area contributed by atoms with Gasteiger partial charge in [0.2, 0.25) is 5.82 Å². The van der Waals surface area contributed by atoms with Crippen LogP contribution in [-0.4, -0.2) is 28.8 Å². The molecule has 0 unspecified atom stereocenters. The maximum atomic E-state index is 14.7. The third-order valence-electron chi connectivity index (χ3n) is 4.24. The number of rotatable bonds is 8. The molecule has 0 aromatic heterocycles. The average molecular weight is 436 g/mol. The number of nitrogens with zero attached hydrogens (tertiary/aromatic N) is 2. The summed E-state index contributed by atoms with van der Waals surface area (Å²) in [5, 5.41) is 21.9. The van der Waals surface area contributed by atoms with E-state index in [-0.39, 0.29) is 6.61 Å². The zero-order valence-corrected chi connectivity index (χ0v) is 16.7. The second-order valence-corrected chi connectivity index (χ2v) is 6.39. The second-order valence-electron chi connectivity index (χ2n) is 6.39. The highest BCUT2D eigenvalue weighted by atomic mass is 19.2. The number of ether oxygens (including phenoxy) is 1. The Morgan fingerprint density at radius 2 is 1.84 bits per heavy atom. The Morgan fingerprint density at radius 3 is 2.42 bits per heavy atom. The Hall–Kier alpha value is -3.69. The quantitative estimate of drug-likeness (QED) is 0.0880. The van der Waals surface area contributed by atoms with E-state index in [1.54, 1.807) is 30.3 Å². The summed E-state index contributed by atoms with van der Waals surface area (Å²) in [7, 11) is 0. The first kappa shape index (κ1) is 23.6. The fraction of sp³-hybridized carbons (Fsp3) is 0.238. The van der Waals surface area contributed by atoms with Gasteiger partial charge in [0.25, 0.3) is 0 Å². The number of benzene rings is 2. The third kappa shape index (κ3) is 5.27. The summed E-state index contributed by atoms with van der Waals surface area (Å²) in [5.74, 6) is -7.79. The Balaban J connectivity index is 2.73. The topological polar surface area (TPSA) is 102 Å². The molecule has 1 N–H and O–H groups in total. The lowest BCUT2D eigenvalue weighted by molar-refractivity contribution is -0.388. The van der Waals surface area contributed by atoms with Gasteiger partial charge in [-0.05, 0) is 25.5 Å². The molecule has 0 aliphatic heterocycles. The van der Waals surface area contributed by atoms with E-state index in [4.69, 9.17) is 4.74 Å². The van der Waals surface area contributed by atoms with Crippen LogP contribution in [0.3, 0.4) is 0 Å². The van der Waals surface area contributed by atoms with Gasteiger partial charge in [0.15, 0.2) is 5.82 Å². The van der Waals surface area contributed by atoms with Crippen molar-refractivity contribution in [1.29, 1.82) is 0 Å². The maximum Gasteiger partial charge on any atom is 0.343 e. The molecule has 0 saturated carbocycles. The largest absolute Gasteiger partial charge is 0.506 e. The van der Waals surface area contributed by atoms with Crippen molar-refractivity contribution in [3.05, 3.63) is 74.6 Å². The predicted octanol–water partition coefficient (Wildman–Crippen LogP) is 5.34. The van der Waals surface area contributed by atoms with Gasteiger partial charge in [-0.15, -0.1) is 0 Å². The smallest absolute Gasteiger partial charge is 0.343 e. The van der Waals surface area contributed by atoms with Crippen LogP contribution in [0.1, 0.15) is 30.9 Å². The van der Waals surface area contributed by atoms with Gasteiger partial charge in [0.1, 0.15) is 22.7 Å². The first-order chi connectivity index (χ1) is 14.7. The van der Waals surface area contributed by atoms with Crippen molar-refractivity contribution in [2.45, 2.75) is 26.7 Å². The number of nitro groups is 1. The predicted molar refractivity (Wildman–Crippen MR) is 108 cm³/mol. The first-order valence-electron chi connectivity index (χ1n) is 9.21. The lowest BCUT2D eigenvalue weighted by Gasteiger charge is -2.11. The van der Waals surface area contributed by atoms with Crippen LogP contribution in [0.2, 0.25) is 0 Å². The molecule has 0 heterocycles. The monoisotopic (exact) mass is 436 g/mol. The van der Waals surface area contributed by atoms with Gasteiger partial charge in [-0.2, -0.15) is 4.39 Å². The summed E-state index contributed by atoms with van der Waals surface area (Å²) >= 11 is 0. The average Bonchev–Trinajstić information content (AvgIpc) is 2.75. The fourth-order valence-electron chi connectivity index (χ4n) is 2.54. The highest BCUT2D eigenvalue weighted by Crippen LogP contribution is 2.35. The van der Waals surface area contributed by atoms with Crippen molar-refractivity contribution in [2.75, 3.05) is 6.61 Å². The number of nitro benzene ring substituents is 1. The lowest BCUT2D eigenvalue weighted by Crippen LogP contribution is -2.15. The van der Waals surface area contributed by atoms with E-state index in [1.165, 1.54) is 0 Å². The molecular formula is C21H19F3N2O5. The fourth-order valence-corrected chi connectivity index (χ4v) is 2.54. The summed E-state index contributed by atoms with van der Waals surface area (Å²) in [4.78, 5) is 26.4. The first-order valence-corrected chi connectivity index (χ1v) is 9.21. The molecule has 164 valence electrons. The van der Waals surface area contributed by atoms with Crippen molar-refractivity contribution in [3.63, 3.8) is 0 Å². The van der Waals surface area contributed by atoms with E-state index in [2.05, 4.69) is 4.99 Å². The van der Waals surface area contributed by atoms with E-state index in [0.717, 1.165) is 13.1 Å². The zero-order valence-electron chi connectivity index (χ0n) is 16.7. The summed E-state index contributed by atoms with van der Waals surface area (Å²) in [6.07, 6.45) is 1.98. The lowest BCUT2D eigenvalue weighted by atomic mass is 10.0. The Kier molecular flexibility index (Phi) is 7.89. The van der Waals surface area contributed by atoms with Crippen molar-refractivity contribution in [2.24, 2.45) is 4.99 Å². The molecule has 0 saturated heterocycles. The van der Waals surface area contributed by atoms with Crippen molar-refractivity contribution < 1.29 is 32.7 Å². The number of esters is 1. The highest BCUT2D eigenvalue weighted by Gasteiger charge is 2.35. The van der Waals surface area contributed by atoms with Gasteiger partial charge in [0.05, 0.1) is 17.2 Å². The number of hydrogen-bond donors (Lipinski definition) is 1. The Morgan fingerprint density at radius 1 is 1.19 bits per heavy atom. The van der Waals surface area contributed by atoms with Gasteiger partial charge >= 0.3 is 11.7 Å². The molecule has 0 bridgehead atoms. The van der Waals surface area contributed by atoms with Crippen LogP contribution in [0, 0.1) is 34.5 Å². The van der Waals surface area contributed by atoms with Crippen LogP contribution in [0.25, 0.3) is 5.76 Å². The molecule has 2 aromatic rings. The molecule has 0 spiro atoms. The molecule has 2 rings (SSSR count). The van der Waals surface area contributed by atoms with Crippen LogP contribution in [0.15, 0.2) is 40.9 Å². The van der Waals surface area contributed by atoms with Gasteiger partial charge in [-0.1, -0.05) is 31.5 Å². The Bertz CT molecular complexity index is 1050. The molecule has 2 aromatic carbocycles. The number of para-hydroxylation sites is 1. The number of halogens is 3. The van der Waals surface area contributed by atoms with Crippen molar-refractivity contribution in [1.82, 2.24) is 0 Å². The van der Waals surface area contributed by atoms with Crippen molar-refractivity contribution >= 4 is 29.3 Å². The van der Waals surface area contributed by atoms with E-state index >= 15 is 0 Å².